The van der Waals surface area contributed by atoms with E-state index in [0.29, 0.717) is 23.0 Å². The van der Waals surface area contributed by atoms with Crippen molar-refractivity contribution in [2.24, 2.45) is 0 Å². The van der Waals surface area contributed by atoms with Gasteiger partial charge in [-0.2, -0.15) is 5.26 Å². The Morgan fingerprint density at radius 2 is 2.20 bits per heavy atom. The van der Waals surface area contributed by atoms with E-state index in [1.54, 1.807) is 0 Å². The molecule has 1 unspecified atom stereocenters. The largest absolute Gasteiger partial charge is 0.315 e. The van der Waals surface area contributed by atoms with Crippen LogP contribution in [0.5, 0.6) is 0 Å². The SMILES string of the molecule is Cc1sc(NC(=O)CN2CCCC(c3ccncc3)C2)c(C#N)c1C. The molecule has 1 atom stereocenters. The van der Waals surface area contributed by atoms with Gasteiger partial charge in [0.2, 0.25) is 5.91 Å². The zero-order valence-corrected chi connectivity index (χ0v) is 15.4. The van der Waals surface area contributed by atoms with Crippen LogP contribution in [0.2, 0.25) is 0 Å². The first-order valence-corrected chi connectivity index (χ1v) is 9.32. The molecule has 1 fully saturated rings. The highest BCUT2D eigenvalue weighted by Crippen LogP contribution is 2.32. The Bertz CT molecular complexity index is 794. The van der Waals surface area contributed by atoms with Crippen molar-refractivity contribution in [2.75, 3.05) is 25.0 Å². The number of rotatable bonds is 4. The van der Waals surface area contributed by atoms with Crippen LogP contribution in [0.15, 0.2) is 24.5 Å². The van der Waals surface area contributed by atoms with E-state index in [4.69, 9.17) is 0 Å². The number of likely N-dealkylation sites (tertiary alicyclic amines) is 1. The van der Waals surface area contributed by atoms with E-state index in [0.717, 1.165) is 36.4 Å². The maximum absolute atomic E-state index is 12.4. The van der Waals surface area contributed by atoms with E-state index in [9.17, 15) is 10.1 Å². The van der Waals surface area contributed by atoms with Crippen LogP contribution in [0.4, 0.5) is 5.00 Å². The third-order valence-corrected chi connectivity index (χ3v) is 5.92. The predicted octanol–water partition coefficient (Wildman–Crippen LogP) is 3.45. The van der Waals surface area contributed by atoms with Crippen LogP contribution in [-0.2, 0) is 4.79 Å². The van der Waals surface area contributed by atoms with E-state index in [-0.39, 0.29) is 5.91 Å². The summed E-state index contributed by atoms with van der Waals surface area (Å²) in [6.07, 6.45) is 5.88. The smallest absolute Gasteiger partial charge is 0.239 e. The molecule has 2 aromatic heterocycles. The van der Waals surface area contributed by atoms with Crippen molar-refractivity contribution in [3.63, 3.8) is 0 Å². The number of hydrogen-bond donors (Lipinski definition) is 1. The molecule has 3 heterocycles. The predicted molar refractivity (Wildman–Crippen MR) is 99.8 cm³/mol. The molecule has 0 aromatic carbocycles. The van der Waals surface area contributed by atoms with Gasteiger partial charge in [-0.25, -0.2) is 0 Å². The fraction of sp³-hybridized carbons (Fsp3) is 0.421. The van der Waals surface area contributed by atoms with Gasteiger partial charge in [0.1, 0.15) is 11.1 Å². The van der Waals surface area contributed by atoms with E-state index >= 15 is 0 Å². The molecular formula is C19H22N4OS. The minimum Gasteiger partial charge on any atom is -0.315 e. The number of nitriles is 1. The van der Waals surface area contributed by atoms with Gasteiger partial charge < -0.3 is 5.32 Å². The monoisotopic (exact) mass is 354 g/mol. The lowest BCUT2D eigenvalue weighted by Crippen LogP contribution is -2.39. The number of aromatic nitrogens is 1. The summed E-state index contributed by atoms with van der Waals surface area (Å²) in [6, 6.07) is 6.32. The van der Waals surface area contributed by atoms with Crippen molar-refractivity contribution < 1.29 is 4.79 Å². The molecule has 1 aliphatic heterocycles. The van der Waals surface area contributed by atoms with Gasteiger partial charge in [-0.05, 0) is 62.4 Å². The second kappa shape index (κ2) is 7.77. The summed E-state index contributed by atoms with van der Waals surface area (Å²) in [5.74, 6) is 0.401. The lowest BCUT2D eigenvalue weighted by molar-refractivity contribution is -0.117. The summed E-state index contributed by atoms with van der Waals surface area (Å²) in [4.78, 5) is 19.8. The van der Waals surface area contributed by atoms with Crippen LogP contribution in [-0.4, -0.2) is 35.4 Å². The summed E-state index contributed by atoms with van der Waals surface area (Å²) >= 11 is 1.47. The van der Waals surface area contributed by atoms with E-state index < -0.39 is 0 Å². The standard InChI is InChI=1S/C19H22N4OS/c1-13-14(2)25-19(17(13)10-20)22-18(24)12-23-9-3-4-16(11-23)15-5-7-21-8-6-15/h5-8,16H,3-4,9,11-12H2,1-2H3,(H,22,24). The van der Waals surface area contributed by atoms with Crippen LogP contribution in [0.25, 0.3) is 0 Å². The van der Waals surface area contributed by atoms with E-state index in [2.05, 4.69) is 33.4 Å². The van der Waals surface area contributed by atoms with Crippen molar-refractivity contribution in [3.8, 4) is 6.07 Å². The average Bonchev–Trinajstić information content (AvgIpc) is 2.89. The molecule has 0 radical (unpaired) electrons. The van der Waals surface area contributed by atoms with Crippen molar-refractivity contribution in [1.29, 1.82) is 5.26 Å². The molecule has 130 valence electrons. The Hall–Kier alpha value is -2.23. The fourth-order valence-corrected chi connectivity index (χ4v) is 4.35. The van der Waals surface area contributed by atoms with Crippen LogP contribution >= 0.6 is 11.3 Å². The molecule has 0 bridgehead atoms. The highest BCUT2D eigenvalue weighted by Gasteiger charge is 2.23. The molecule has 2 aromatic rings. The molecule has 25 heavy (non-hydrogen) atoms. The zero-order valence-electron chi connectivity index (χ0n) is 14.6. The number of carbonyl (C=O) groups excluding carboxylic acids is 1. The van der Waals surface area contributed by atoms with Crippen LogP contribution in [0, 0.1) is 25.2 Å². The third-order valence-electron chi connectivity index (χ3n) is 4.80. The zero-order chi connectivity index (χ0) is 17.8. The second-order valence-electron chi connectivity index (χ2n) is 6.50. The summed E-state index contributed by atoms with van der Waals surface area (Å²) in [5.41, 5.74) is 2.83. The van der Waals surface area contributed by atoms with Gasteiger partial charge >= 0.3 is 0 Å². The van der Waals surface area contributed by atoms with Gasteiger partial charge in [0, 0.05) is 23.8 Å². The molecule has 1 amide bonds. The van der Waals surface area contributed by atoms with Crippen molar-refractivity contribution in [2.45, 2.75) is 32.6 Å². The molecule has 1 saturated heterocycles. The molecule has 5 nitrogen and oxygen atoms in total. The maximum atomic E-state index is 12.4. The number of nitrogens with one attached hydrogen (secondary N) is 1. The van der Waals surface area contributed by atoms with Crippen LogP contribution in [0.1, 0.15) is 40.3 Å². The van der Waals surface area contributed by atoms with Gasteiger partial charge in [-0.15, -0.1) is 11.3 Å². The number of nitrogens with zero attached hydrogens (tertiary/aromatic N) is 3. The Labute approximate surface area is 152 Å². The van der Waals surface area contributed by atoms with Gasteiger partial charge in [-0.1, -0.05) is 0 Å². The Balaban J connectivity index is 1.61. The second-order valence-corrected chi connectivity index (χ2v) is 7.73. The maximum Gasteiger partial charge on any atom is 0.239 e. The molecular weight excluding hydrogens is 332 g/mol. The summed E-state index contributed by atoms with van der Waals surface area (Å²) in [7, 11) is 0. The number of piperidine rings is 1. The van der Waals surface area contributed by atoms with Gasteiger partial charge in [-0.3, -0.25) is 14.7 Å². The van der Waals surface area contributed by atoms with Crippen molar-refractivity contribution >= 4 is 22.2 Å². The fourth-order valence-electron chi connectivity index (χ4n) is 3.33. The molecule has 1 N–H and O–H groups in total. The van der Waals surface area contributed by atoms with Crippen molar-refractivity contribution in [1.82, 2.24) is 9.88 Å². The average molecular weight is 354 g/mol. The summed E-state index contributed by atoms with van der Waals surface area (Å²) in [6.45, 7) is 6.07. The molecule has 0 spiro atoms. The first-order chi connectivity index (χ1) is 12.1. The van der Waals surface area contributed by atoms with E-state index in [1.165, 1.54) is 16.9 Å². The lowest BCUT2D eigenvalue weighted by Gasteiger charge is -2.32. The Morgan fingerprint density at radius 3 is 2.92 bits per heavy atom. The number of amides is 1. The van der Waals surface area contributed by atoms with Gasteiger partial charge in [0.15, 0.2) is 0 Å². The Morgan fingerprint density at radius 1 is 1.44 bits per heavy atom. The first kappa shape index (κ1) is 17.6. The number of pyridine rings is 1. The molecule has 3 rings (SSSR count). The lowest BCUT2D eigenvalue weighted by atomic mass is 9.91. The number of anilines is 1. The topological polar surface area (TPSA) is 69.0 Å². The van der Waals surface area contributed by atoms with Gasteiger partial charge in [0.05, 0.1) is 12.1 Å². The summed E-state index contributed by atoms with van der Waals surface area (Å²) in [5, 5.41) is 12.9. The number of aryl methyl sites for hydroxylation is 1. The molecule has 0 aliphatic carbocycles. The van der Waals surface area contributed by atoms with E-state index in [1.807, 2.05) is 26.2 Å². The Kier molecular flexibility index (Phi) is 5.47. The highest BCUT2D eigenvalue weighted by molar-refractivity contribution is 7.16. The minimum atomic E-state index is -0.0480. The van der Waals surface area contributed by atoms with Gasteiger partial charge in [0.25, 0.3) is 0 Å². The number of thiophene rings is 1. The number of hydrogen-bond acceptors (Lipinski definition) is 5. The third kappa shape index (κ3) is 4.06. The highest BCUT2D eigenvalue weighted by atomic mass is 32.1. The normalized spacial score (nSPS) is 17.9. The van der Waals surface area contributed by atoms with Crippen LogP contribution in [0.3, 0.4) is 0 Å². The first-order valence-electron chi connectivity index (χ1n) is 8.50. The number of carbonyl (C=O) groups is 1. The molecule has 6 heteroatoms. The minimum absolute atomic E-state index is 0.0480. The van der Waals surface area contributed by atoms with Crippen molar-refractivity contribution in [3.05, 3.63) is 46.1 Å². The summed E-state index contributed by atoms with van der Waals surface area (Å²) < 4.78 is 0. The quantitative estimate of drug-likeness (QED) is 0.913. The molecule has 0 saturated carbocycles. The molecule has 1 aliphatic rings. The van der Waals surface area contributed by atoms with Crippen LogP contribution < -0.4 is 5.32 Å².